The van der Waals surface area contributed by atoms with Crippen molar-refractivity contribution in [2.75, 3.05) is 0 Å². The van der Waals surface area contributed by atoms with Gasteiger partial charge in [-0.15, -0.1) is 0 Å². The highest BCUT2D eigenvalue weighted by atomic mass is 19.1. The molecule has 0 spiro atoms. The van der Waals surface area contributed by atoms with Crippen molar-refractivity contribution in [1.82, 2.24) is 0 Å². The summed E-state index contributed by atoms with van der Waals surface area (Å²) in [5.74, 6) is -0.137. The molecule has 1 heteroatoms. The molecule has 0 radical (unpaired) electrons. The van der Waals surface area contributed by atoms with E-state index in [1.807, 2.05) is 12.1 Å². The van der Waals surface area contributed by atoms with Crippen LogP contribution in [0.4, 0.5) is 4.39 Å². The average molecular weight is 208 g/mol. The first-order chi connectivity index (χ1) is 7.33. The van der Waals surface area contributed by atoms with Crippen LogP contribution in [0.2, 0.25) is 0 Å². The van der Waals surface area contributed by atoms with E-state index in [4.69, 9.17) is 0 Å². The second-order valence-corrected chi connectivity index (χ2v) is 4.14. The summed E-state index contributed by atoms with van der Waals surface area (Å²) in [6.45, 7) is 2.23. The highest BCUT2D eigenvalue weighted by Gasteiger charge is 1.94. The summed E-state index contributed by atoms with van der Waals surface area (Å²) in [7, 11) is 0. The number of benzene rings is 1. The van der Waals surface area contributed by atoms with Crippen LogP contribution in [0, 0.1) is 5.82 Å². The molecule has 0 aromatic heterocycles. The van der Waals surface area contributed by atoms with Crippen LogP contribution in [0.3, 0.4) is 0 Å². The first-order valence-corrected chi connectivity index (χ1v) is 6.07. The topological polar surface area (TPSA) is 0 Å². The number of rotatable bonds is 7. The second-order valence-electron chi connectivity index (χ2n) is 4.14. The molecule has 15 heavy (non-hydrogen) atoms. The maximum Gasteiger partial charge on any atom is 0.123 e. The van der Waals surface area contributed by atoms with E-state index < -0.39 is 0 Å². The van der Waals surface area contributed by atoms with Gasteiger partial charge in [-0.1, -0.05) is 51.2 Å². The van der Waals surface area contributed by atoms with Crippen LogP contribution < -0.4 is 0 Å². The molecule has 0 amide bonds. The van der Waals surface area contributed by atoms with Gasteiger partial charge in [0.2, 0.25) is 0 Å². The van der Waals surface area contributed by atoms with Crippen LogP contribution in [0.25, 0.3) is 0 Å². The third-order valence-corrected chi connectivity index (χ3v) is 2.73. The van der Waals surface area contributed by atoms with E-state index in [2.05, 4.69) is 6.92 Å². The van der Waals surface area contributed by atoms with Crippen molar-refractivity contribution in [2.24, 2.45) is 0 Å². The van der Waals surface area contributed by atoms with Gasteiger partial charge < -0.3 is 0 Å². The minimum atomic E-state index is -0.137. The fourth-order valence-electron chi connectivity index (χ4n) is 1.76. The Kier molecular flexibility index (Phi) is 6.06. The summed E-state index contributed by atoms with van der Waals surface area (Å²) < 4.78 is 12.6. The van der Waals surface area contributed by atoms with E-state index in [-0.39, 0.29) is 5.82 Å². The summed E-state index contributed by atoms with van der Waals surface area (Å²) in [5.41, 5.74) is 1.26. The molecule has 1 aromatic carbocycles. The van der Waals surface area contributed by atoms with E-state index in [1.165, 1.54) is 44.1 Å². The fraction of sp³-hybridized carbons (Fsp3) is 0.571. The molecule has 0 atom stereocenters. The van der Waals surface area contributed by atoms with Crippen LogP contribution in [0.1, 0.15) is 51.0 Å². The molecule has 0 aliphatic heterocycles. The van der Waals surface area contributed by atoms with Gasteiger partial charge in [-0.25, -0.2) is 4.39 Å². The highest BCUT2D eigenvalue weighted by Crippen LogP contribution is 2.10. The zero-order valence-electron chi connectivity index (χ0n) is 9.64. The van der Waals surface area contributed by atoms with E-state index in [9.17, 15) is 4.39 Å². The molecule has 1 rings (SSSR count). The standard InChI is InChI=1S/C14H21F/c1-2-3-4-5-6-7-8-13-9-11-14(15)12-10-13/h9-12H,2-8H2,1H3. The molecule has 0 nitrogen and oxygen atoms in total. The number of unbranched alkanes of at least 4 members (excludes halogenated alkanes) is 5. The number of halogens is 1. The number of hydrogen-bond acceptors (Lipinski definition) is 0. The zero-order chi connectivity index (χ0) is 10.9. The largest absolute Gasteiger partial charge is 0.207 e. The lowest BCUT2D eigenvalue weighted by Gasteiger charge is -2.01. The van der Waals surface area contributed by atoms with Crippen molar-refractivity contribution >= 4 is 0 Å². The Labute approximate surface area is 92.5 Å². The Hall–Kier alpha value is -0.850. The molecule has 0 bridgehead atoms. The van der Waals surface area contributed by atoms with Crippen LogP contribution in [0.15, 0.2) is 24.3 Å². The van der Waals surface area contributed by atoms with Crippen molar-refractivity contribution in [3.63, 3.8) is 0 Å². The fourth-order valence-corrected chi connectivity index (χ4v) is 1.76. The lowest BCUT2D eigenvalue weighted by atomic mass is 10.1. The van der Waals surface area contributed by atoms with E-state index in [1.54, 1.807) is 12.1 Å². The molecular weight excluding hydrogens is 187 g/mol. The smallest absolute Gasteiger partial charge is 0.123 e. The lowest BCUT2D eigenvalue weighted by Crippen LogP contribution is -1.86. The molecule has 0 aliphatic carbocycles. The van der Waals surface area contributed by atoms with Gasteiger partial charge in [0.25, 0.3) is 0 Å². The Bertz CT molecular complexity index is 251. The molecule has 0 heterocycles. The minimum Gasteiger partial charge on any atom is -0.207 e. The Morgan fingerprint density at radius 2 is 1.47 bits per heavy atom. The molecule has 1 aromatic rings. The van der Waals surface area contributed by atoms with Crippen molar-refractivity contribution < 1.29 is 4.39 Å². The second kappa shape index (κ2) is 7.44. The summed E-state index contributed by atoms with van der Waals surface area (Å²) in [6, 6.07) is 6.88. The Morgan fingerprint density at radius 3 is 2.13 bits per heavy atom. The third-order valence-electron chi connectivity index (χ3n) is 2.73. The van der Waals surface area contributed by atoms with Crippen molar-refractivity contribution in [1.29, 1.82) is 0 Å². The van der Waals surface area contributed by atoms with Crippen molar-refractivity contribution in [2.45, 2.75) is 51.9 Å². The van der Waals surface area contributed by atoms with Crippen LogP contribution in [-0.4, -0.2) is 0 Å². The van der Waals surface area contributed by atoms with E-state index in [0.29, 0.717) is 0 Å². The summed E-state index contributed by atoms with van der Waals surface area (Å²) in [5, 5.41) is 0. The highest BCUT2D eigenvalue weighted by molar-refractivity contribution is 5.15. The predicted molar refractivity (Wildman–Crippen MR) is 63.5 cm³/mol. The molecule has 0 fully saturated rings. The molecule has 84 valence electrons. The van der Waals surface area contributed by atoms with E-state index >= 15 is 0 Å². The quantitative estimate of drug-likeness (QED) is 0.568. The predicted octanol–water partition coefficient (Wildman–Crippen LogP) is 4.73. The SMILES string of the molecule is CCCCCCCCc1ccc(F)cc1. The van der Waals surface area contributed by atoms with Crippen molar-refractivity contribution in [3.05, 3.63) is 35.6 Å². The molecule has 0 saturated heterocycles. The summed E-state index contributed by atoms with van der Waals surface area (Å²) >= 11 is 0. The van der Waals surface area contributed by atoms with Crippen LogP contribution in [0.5, 0.6) is 0 Å². The molecule has 0 saturated carbocycles. The molecule has 0 unspecified atom stereocenters. The van der Waals surface area contributed by atoms with E-state index in [0.717, 1.165) is 6.42 Å². The van der Waals surface area contributed by atoms with Gasteiger partial charge in [0.1, 0.15) is 5.82 Å². The van der Waals surface area contributed by atoms with Gasteiger partial charge in [-0.2, -0.15) is 0 Å². The Morgan fingerprint density at radius 1 is 0.867 bits per heavy atom. The minimum absolute atomic E-state index is 0.137. The maximum absolute atomic E-state index is 12.6. The molecular formula is C14H21F. The maximum atomic E-state index is 12.6. The monoisotopic (exact) mass is 208 g/mol. The van der Waals surface area contributed by atoms with Crippen LogP contribution in [-0.2, 0) is 6.42 Å². The molecule has 0 aliphatic rings. The Balaban J connectivity index is 2.07. The molecule has 0 N–H and O–H groups in total. The number of aryl methyl sites for hydroxylation is 1. The summed E-state index contributed by atoms with van der Waals surface area (Å²) in [4.78, 5) is 0. The zero-order valence-corrected chi connectivity index (χ0v) is 9.64. The first kappa shape index (κ1) is 12.2. The van der Waals surface area contributed by atoms with Crippen LogP contribution >= 0.6 is 0 Å². The van der Waals surface area contributed by atoms with Gasteiger partial charge in [0.15, 0.2) is 0 Å². The average Bonchev–Trinajstić information content (AvgIpc) is 2.26. The summed E-state index contributed by atoms with van der Waals surface area (Å²) in [6.07, 6.45) is 8.99. The van der Waals surface area contributed by atoms with Gasteiger partial charge in [0, 0.05) is 0 Å². The first-order valence-electron chi connectivity index (χ1n) is 6.07. The normalized spacial score (nSPS) is 10.5. The van der Waals surface area contributed by atoms with Gasteiger partial charge in [0.05, 0.1) is 0 Å². The lowest BCUT2D eigenvalue weighted by molar-refractivity contribution is 0.605. The van der Waals surface area contributed by atoms with Gasteiger partial charge >= 0.3 is 0 Å². The van der Waals surface area contributed by atoms with Crippen molar-refractivity contribution in [3.8, 4) is 0 Å². The van der Waals surface area contributed by atoms with Gasteiger partial charge in [-0.3, -0.25) is 0 Å². The number of hydrogen-bond donors (Lipinski definition) is 0. The third kappa shape index (κ3) is 5.56. The van der Waals surface area contributed by atoms with Gasteiger partial charge in [-0.05, 0) is 30.5 Å².